The van der Waals surface area contributed by atoms with E-state index in [0.717, 1.165) is 11.1 Å². The van der Waals surface area contributed by atoms with E-state index < -0.39 is 11.2 Å². The molecule has 2 aromatic carbocycles. The van der Waals surface area contributed by atoms with Gasteiger partial charge in [-0.3, -0.25) is 13.9 Å². The Morgan fingerprint density at radius 3 is 1.73 bits per heavy atom. The highest BCUT2D eigenvalue weighted by Crippen LogP contribution is 2.13. The van der Waals surface area contributed by atoms with Crippen molar-refractivity contribution in [3.63, 3.8) is 0 Å². The van der Waals surface area contributed by atoms with Crippen LogP contribution < -0.4 is 26.5 Å². The maximum absolute atomic E-state index is 13.5. The number of nitrogen functional groups attached to an aromatic ring is 1. The smallest absolute Gasteiger partial charge is 0.332 e. The third-order valence-corrected chi connectivity index (χ3v) is 5.37. The predicted octanol–water partition coefficient (Wildman–Crippen LogP) is 5.19. The van der Waals surface area contributed by atoms with Gasteiger partial charge in [-0.25, -0.2) is 9.78 Å². The van der Waals surface area contributed by atoms with Crippen LogP contribution in [0.4, 0.5) is 5.82 Å². The van der Waals surface area contributed by atoms with Crippen molar-refractivity contribution in [2.75, 3.05) is 20.0 Å². The molecule has 0 aliphatic rings. The summed E-state index contributed by atoms with van der Waals surface area (Å²) in [5, 5.41) is 0. The van der Waals surface area contributed by atoms with Crippen LogP contribution in [0.25, 0.3) is 0 Å². The summed E-state index contributed by atoms with van der Waals surface area (Å²) in [6, 6.07) is 21.0. The van der Waals surface area contributed by atoms with Crippen molar-refractivity contribution in [2.45, 2.75) is 48.2 Å². The summed E-state index contributed by atoms with van der Waals surface area (Å²) >= 11 is 0. The fraction of sp³-hybridized carbons (Fsp3) is 0.281. The largest absolute Gasteiger partial charge is 0.497 e. The number of hydrogen-bond donors (Lipinski definition) is 1. The average Bonchev–Trinajstić information content (AvgIpc) is 2.98. The first-order chi connectivity index (χ1) is 19.0. The number of pyridine rings is 1. The van der Waals surface area contributed by atoms with E-state index in [2.05, 4.69) is 16.8 Å². The molecule has 0 fully saturated rings. The molecule has 4 rings (SSSR count). The zero-order valence-corrected chi connectivity index (χ0v) is 23.4. The van der Waals surface area contributed by atoms with Gasteiger partial charge in [-0.1, -0.05) is 65.5 Å². The first-order valence-corrected chi connectivity index (χ1v) is 12.8. The molecule has 2 heterocycles. The van der Waals surface area contributed by atoms with Crippen LogP contribution in [0.5, 0.6) is 11.5 Å². The van der Waals surface area contributed by atoms with Gasteiger partial charge in [0.2, 0.25) is 0 Å². The van der Waals surface area contributed by atoms with Gasteiger partial charge in [0.05, 0.1) is 27.3 Å². The Morgan fingerprint density at radius 1 is 0.750 bits per heavy atom. The van der Waals surface area contributed by atoms with E-state index >= 15 is 0 Å². The molecule has 2 N–H and O–H groups in total. The van der Waals surface area contributed by atoms with Crippen molar-refractivity contribution in [2.24, 2.45) is 0 Å². The lowest BCUT2D eigenvalue weighted by molar-refractivity contribution is 0.414. The standard InChI is InChI=1S/C27H24N4O4.2C2H6.CH4/c1-34-23-12-6-19(7-13-23)17-30-22(11-10-21-4-3-5-25(28)29-21)16-26(32)31(27(30)33)18-20-8-14-24(35-2)15-9-20;2*1-2;/h3-9,12-16H,17-18H2,1-2H3,(H2,28,29);2*1-2H3;1H4. The number of aromatic nitrogens is 3. The van der Waals surface area contributed by atoms with E-state index in [-0.39, 0.29) is 26.2 Å². The number of ether oxygens (including phenoxy) is 2. The van der Waals surface area contributed by atoms with Gasteiger partial charge in [-0.05, 0) is 59.4 Å². The van der Waals surface area contributed by atoms with Crippen LogP contribution in [0.3, 0.4) is 0 Å². The molecule has 2 aromatic heterocycles. The van der Waals surface area contributed by atoms with Gasteiger partial charge in [0, 0.05) is 6.07 Å². The van der Waals surface area contributed by atoms with Crippen molar-refractivity contribution in [3.8, 4) is 23.3 Å². The van der Waals surface area contributed by atoms with E-state index in [1.54, 1.807) is 44.6 Å². The summed E-state index contributed by atoms with van der Waals surface area (Å²) in [6.45, 7) is 8.34. The van der Waals surface area contributed by atoms with Crippen molar-refractivity contribution in [3.05, 3.63) is 116 Å². The normalized spacial score (nSPS) is 9.35. The highest BCUT2D eigenvalue weighted by Gasteiger charge is 2.12. The average molecular weight is 545 g/mol. The van der Waals surface area contributed by atoms with Crippen LogP contribution in [0.15, 0.2) is 82.4 Å². The minimum absolute atomic E-state index is 0. The van der Waals surface area contributed by atoms with Crippen LogP contribution >= 0.6 is 0 Å². The molecule has 0 aliphatic heterocycles. The molecular formula is C32H40N4O4. The number of methoxy groups -OCH3 is 2. The zero-order valence-electron chi connectivity index (χ0n) is 23.4. The number of anilines is 1. The Bertz CT molecular complexity index is 1510. The van der Waals surface area contributed by atoms with Crippen LogP contribution in [0, 0.1) is 11.8 Å². The van der Waals surface area contributed by atoms with Gasteiger partial charge >= 0.3 is 5.69 Å². The molecule has 0 amide bonds. The van der Waals surface area contributed by atoms with Crippen molar-refractivity contribution in [1.29, 1.82) is 0 Å². The molecule has 0 bridgehead atoms. The van der Waals surface area contributed by atoms with E-state index in [4.69, 9.17) is 15.2 Å². The van der Waals surface area contributed by atoms with Crippen LogP contribution in [0.1, 0.15) is 57.6 Å². The Morgan fingerprint density at radius 2 is 1.25 bits per heavy atom. The van der Waals surface area contributed by atoms with Gasteiger partial charge in [0.15, 0.2) is 0 Å². The Kier molecular flexibility index (Phi) is 14.1. The number of benzene rings is 2. The van der Waals surface area contributed by atoms with Crippen molar-refractivity contribution >= 4 is 5.82 Å². The van der Waals surface area contributed by atoms with Gasteiger partial charge in [0.1, 0.15) is 28.7 Å². The second-order valence-electron chi connectivity index (χ2n) is 7.72. The molecule has 0 radical (unpaired) electrons. The monoisotopic (exact) mass is 544 g/mol. The van der Waals surface area contributed by atoms with Gasteiger partial charge in [-0.15, -0.1) is 0 Å². The highest BCUT2D eigenvalue weighted by atomic mass is 16.5. The first kappa shape index (κ1) is 33.3. The molecule has 0 saturated heterocycles. The summed E-state index contributed by atoms with van der Waals surface area (Å²) in [6.07, 6.45) is 0. The third kappa shape index (κ3) is 8.91. The quantitative estimate of drug-likeness (QED) is 0.335. The lowest BCUT2D eigenvalue weighted by Crippen LogP contribution is -2.41. The molecule has 0 atom stereocenters. The van der Waals surface area contributed by atoms with E-state index in [1.165, 1.54) is 15.2 Å². The molecule has 4 aromatic rings. The molecule has 0 spiro atoms. The highest BCUT2D eigenvalue weighted by molar-refractivity contribution is 5.40. The van der Waals surface area contributed by atoms with Crippen molar-refractivity contribution in [1.82, 2.24) is 14.1 Å². The third-order valence-electron chi connectivity index (χ3n) is 5.37. The van der Waals surface area contributed by atoms with Gasteiger partial charge in [0.25, 0.3) is 5.56 Å². The molecule has 0 saturated carbocycles. The molecule has 8 nitrogen and oxygen atoms in total. The summed E-state index contributed by atoms with van der Waals surface area (Å²) in [4.78, 5) is 30.6. The molecular weight excluding hydrogens is 504 g/mol. The molecule has 0 aliphatic carbocycles. The second kappa shape index (κ2) is 16.9. The summed E-state index contributed by atoms with van der Waals surface area (Å²) in [7, 11) is 3.17. The van der Waals surface area contributed by atoms with Crippen LogP contribution in [-0.2, 0) is 13.1 Å². The molecule has 40 heavy (non-hydrogen) atoms. The Hall–Kier alpha value is -4.77. The first-order valence-electron chi connectivity index (χ1n) is 12.8. The Labute approximate surface area is 237 Å². The minimum atomic E-state index is -0.464. The lowest BCUT2D eigenvalue weighted by atomic mass is 10.2. The Balaban J connectivity index is 0.00000153. The van der Waals surface area contributed by atoms with E-state index in [9.17, 15) is 9.59 Å². The molecule has 212 valence electrons. The maximum Gasteiger partial charge on any atom is 0.332 e. The van der Waals surface area contributed by atoms with Crippen LogP contribution in [0.2, 0.25) is 0 Å². The number of hydrogen-bond acceptors (Lipinski definition) is 6. The lowest BCUT2D eigenvalue weighted by Gasteiger charge is -2.13. The molecule has 0 unspecified atom stereocenters. The van der Waals surface area contributed by atoms with Crippen LogP contribution in [-0.4, -0.2) is 28.3 Å². The number of nitrogens with zero attached hydrogens (tertiary/aromatic N) is 3. The topological polar surface area (TPSA) is 101 Å². The summed E-state index contributed by atoms with van der Waals surface area (Å²) in [5.74, 6) is 7.56. The van der Waals surface area contributed by atoms with Gasteiger partial charge in [-0.2, -0.15) is 0 Å². The zero-order chi connectivity index (χ0) is 28.8. The summed E-state index contributed by atoms with van der Waals surface area (Å²) in [5.41, 5.74) is 7.20. The maximum atomic E-state index is 13.5. The van der Waals surface area contributed by atoms with Gasteiger partial charge < -0.3 is 15.2 Å². The predicted molar refractivity (Wildman–Crippen MR) is 163 cm³/mol. The number of nitrogens with two attached hydrogens (primary N) is 1. The fourth-order valence-corrected chi connectivity index (χ4v) is 3.49. The second-order valence-corrected chi connectivity index (χ2v) is 7.72. The number of rotatable bonds is 6. The molecule has 8 heteroatoms. The van der Waals surface area contributed by atoms with E-state index in [0.29, 0.717) is 23.0 Å². The fourth-order valence-electron chi connectivity index (χ4n) is 3.49. The minimum Gasteiger partial charge on any atom is -0.497 e. The van der Waals surface area contributed by atoms with Crippen molar-refractivity contribution < 1.29 is 9.47 Å². The SMILES string of the molecule is C.CC.CC.COc1ccc(Cn2c(C#Cc3cccc(N)n3)cc(=O)n(Cc3ccc(OC)cc3)c2=O)cc1. The summed E-state index contributed by atoms with van der Waals surface area (Å²) < 4.78 is 13.1. The van der Waals surface area contributed by atoms with E-state index in [1.807, 2.05) is 64.1 Å².